The monoisotopic (exact) mass is 498 g/mol. The number of hydrogen-bond donors (Lipinski definition) is 5. The minimum atomic E-state index is -3.39. The summed E-state index contributed by atoms with van der Waals surface area (Å²) in [5, 5.41) is 40.3. The van der Waals surface area contributed by atoms with E-state index >= 15 is 0 Å². The van der Waals surface area contributed by atoms with E-state index in [4.69, 9.17) is 21.1 Å². The van der Waals surface area contributed by atoms with Crippen LogP contribution in [0, 0.1) is 0 Å². The second kappa shape index (κ2) is 9.11. The number of ether oxygens (including phenoxy) is 2. The van der Waals surface area contributed by atoms with E-state index in [1.54, 1.807) is 42.6 Å². The van der Waals surface area contributed by atoms with Gasteiger partial charge in [0.1, 0.15) is 30.2 Å². The molecule has 1 fully saturated rings. The number of hydrogen-bond acceptors (Lipinski definition) is 8. The molecule has 5 atom stereocenters. The Morgan fingerprint density at radius 1 is 1.09 bits per heavy atom. The maximum absolute atomic E-state index is 11.5. The minimum absolute atomic E-state index is 0.167. The lowest BCUT2D eigenvalue weighted by Crippen LogP contribution is -2.60. The molecule has 2 heterocycles. The first kappa shape index (κ1) is 23.8. The molecule has 12 heteroatoms. The molecule has 33 heavy (non-hydrogen) atoms. The molecule has 178 valence electrons. The van der Waals surface area contributed by atoms with Gasteiger partial charge < -0.3 is 34.5 Å². The van der Waals surface area contributed by atoms with E-state index in [0.717, 1.165) is 17.2 Å². The molecule has 0 spiro atoms. The molecule has 10 nitrogen and oxygen atoms in total. The molecule has 0 unspecified atom stereocenters. The Kier molecular flexibility index (Phi) is 6.56. The predicted octanol–water partition coefficient (Wildman–Crippen LogP) is 0.834. The Hall–Kier alpha value is -2.38. The first-order valence-electron chi connectivity index (χ1n) is 9.93. The summed E-state index contributed by atoms with van der Waals surface area (Å²) in [6, 6.07) is 11.9. The number of halogens is 1. The molecule has 0 radical (unpaired) electrons. The van der Waals surface area contributed by atoms with Crippen LogP contribution in [0.2, 0.25) is 5.02 Å². The number of aliphatic hydroxyl groups is 4. The van der Waals surface area contributed by atoms with Gasteiger partial charge >= 0.3 is 0 Å². The number of benzene rings is 2. The van der Waals surface area contributed by atoms with E-state index in [0.29, 0.717) is 11.4 Å². The average molecular weight is 499 g/mol. The van der Waals surface area contributed by atoms with Gasteiger partial charge in [0.05, 0.1) is 23.4 Å². The van der Waals surface area contributed by atoms with E-state index in [1.165, 1.54) is 0 Å². The van der Waals surface area contributed by atoms with Crippen LogP contribution in [0.1, 0.15) is 0 Å². The highest BCUT2D eigenvalue weighted by molar-refractivity contribution is 7.92. The molecule has 0 aliphatic carbocycles. The smallest absolute Gasteiger partial charge is 0.229 e. The van der Waals surface area contributed by atoms with E-state index < -0.39 is 47.3 Å². The van der Waals surface area contributed by atoms with Crippen molar-refractivity contribution in [2.24, 2.45) is 0 Å². The van der Waals surface area contributed by atoms with Gasteiger partial charge in [-0.05, 0) is 42.5 Å². The van der Waals surface area contributed by atoms with Crippen LogP contribution in [0.4, 0.5) is 5.69 Å². The van der Waals surface area contributed by atoms with Gasteiger partial charge in [-0.1, -0.05) is 11.6 Å². The Labute approximate surface area is 194 Å². The van der Waals surface area contributed by atoms with Crippen LogP contribution < -0.4 is 9.46 Å². The number of aromatic nitrogens is 1. The van der Waals surface area contributed by atoms with Crippen molar-refractivity contribution in [3.05, 3.63) is 53.7 Å². The van der Waals surface area contributed by atoms with Gasteiger partial charge in [-0.15, -0.1) is 0 Å². The molecule has 1 aliphatic heterocycles. The highest BCUT2D eigenvalue weighted by Crippen LogP contribution is 2.32. The number of fused-ring (bicyclic) bond motifs is 1. The van der Waals surface area contributed by atoms with Crippen LogP contribution in [0.3, 0.4) is 0 Å². The van der Waals surface area contributed by atoms with Crippen LogP contribution in [0.25, 0.3) is 16.6 Å². The Morgan fingerprint density at radius 2 is 1.85 bits per heavy atom. The fourth-order valence-electron chi connectivity index (χ4n) is 3.67. The quantitative estimate of drug-likeness (QED) is 0.335. The van der Waals surface area contributed by atoms with Gasteiger partial charge in [0.2, 0.25) is 16.3 Å². The van der Waals surface area contributed by atoms with Crippen molar-refractivity contribution < 1.29 is 38.3 Å². The molecular formula is C21H23ClN2O8S. The first-order chi connectivity index (χ1) is 15.6. The van der Waals surface area contributed by atoms with Gasteiger partial charge in [0.15, 0.2) is 0 Å². The van der Waals surface area contributed by atoms with Crippen molar-refractivity contribution in [2.75, 3.05) is 17.6 Å². The Morgan fingerprint density at radius 3 is 2.52 bits per heavy atom. The predicted molar refractivity (Wildman–Crippen MR) is 121 cm³/mol. The maximum atomic E-state index is 11.5. The zero-order valence-electron chi connectivity index (χ0n) is 17.4. The van der Waals surface area contributed by atoms with Crippen molar-refractivity contribution in [3.8, 4) is 11.4 Å². The Balaban J connectivity index is 1.57. The van der Waals surface area contributed by atoms with Crippen molar-refractivity contribution in [1.82, 2.24) is 4.57 Å². The topological polar surface area (TPSA) is 150 Å². The van der Waals surface area contributed by atoms with Crippen LogP contribution in [-0.4, -0.2) is 77.0 Å². The highest BCUT2D eigenvalue weighted by atomic mass is 35.5. The van der Waals surface area contributed by atoms with Gasteiger partial charge in [-0.2, -0.15) is 0 Å². The normalized spacial score (nSPS) is 25.8. The molecule has 0 amide bonds. The fraction of sp³-hybridized carbons (Fsp3) is 0.333. The average Bonchev–Trinajstić information content (AvgIpc) is 3.17. The Bertz CT molecular complexity index is 1260. The SMILES string of the molecule is CS(=O)(=O)Nc1ccc2c(ccn2-c2ccc(O[C@H]3O[C@H](CO)[C@@H](O)[C@H](O)[C@@H]3O)c(Cl)c2)c1. The standard InChI is InChI=1S/C21H23ClN2O8S/c1-33(29,30)23-12-2-4-15-11(8-12)6-7-24(15)13-3-5-16(14(22)9-13)31-21-20(28)19(27)18(26)17(10-25)32-21/h2-9,17-21,23,25-28H,10H2,1H3/t17-,18-,19+,20+,21+/m1/s1. The van der Waals surface area contributed by atoms with Gasteiger partial charge in [-0.25, -0.2) is 8.42 Å². The van der Waals surface area contributed by atoms with Crippen molar-refractivity contribution in [1.29, 1.82) is 0 Å². The molecule has 4 rings (SSSR count). The number of rotatable bonds is 6. The molecule has 5 N–H and O–H groups in total. The number of aliphatic hydroxyl groups excluding tert-OH is 4. The van der Waals surface area contributed by atoms with Crippen molar-refractivity contribution in [3.63, 3.8) is 0 Å². The van der Waals surface area contributed by atoms with E-state index in [9.17, 15) is 28.8 Å². The summed E-state index contributed by atoms with van der Waals surface area (Å²) in [5.41, 5.74) is 1.96. The summed E-state index contributed by atoms with van der Waals surface area (Å²) in [4.78, 5) is 0. The first-order valence-corrected chi connectivity index (χ1v) is 12.2. The molecule has 3 aromatic rings. The molecular weight excluding hydrogens is 476 g/mol. The molecule has 1 aromatic heterocycles. The summed E-state index contributed by atoms with van der Waals surface area (Å²) in [6.45, 7) is -0.570. The largest absolute Gasteiger partial charge is 0.460 e. The lowest BCUT2D eigenvalue weighted by molar-refractivity contribution is -0.277. The number of nitrogens with one attached hydrogen (secondary N) is 1. The van der Waals surface area contributed by atoms with Crippen LogP contribution in [0.5, 0.6) is 5.75 Å². The van der Waals surface area contributed by atoms with Crippen LogP contribution in [-0.2, 0) is 14.8 Å². The van der Waals surface area contributed by atoms with Gasteiger partial charge in [-0.3, -0.25) is 4.72 Å². The number of sulfonamides is 1. The van der Waals surface area contributed by atoms with Crippen LogP contribution >= 0.6 is 11.6 Å². The van der Waals surface area contributed by atoms with Crippen LogP contribution in [0.15, 0.2) is 48.7 Å². The summed E-state index contributed by atoms with van der Waals surface area (Å²) in [5.74, 6) is 0.167. The zero-order chi connectivity index (χ0) is 23.9. The number of anilines is 1. The summed E-state index contributed by atoms with van der Waals surface area (Å²) >= 11 is 6.38. The zero-order valence-corrected chi connectivity index (χ0v) is 18.9. The molecule has 0 saturated carbocycles. The third-order valence-electron chi connectivity index (χ3n) is 5.28. The van der Waals surface area contributed by atoms with E-state index in [-0.39, 0.29) is 10.8 Å². The third-order valence-corrected chi connectivity index (χ3v) is 6.18. The summed E-state index contributed by atoms with van der Waals surface area (Å²) < 4.78 is 38.2. The lowest BCUT2D eigenvalue weighted by Gasteiger charge is -2.39. The van der Waals surface area contributed by atoms with E-state index in [1.807, 2.05) is 10.6 Å². The van der Waals surface area contributed by atoms with E-state index in [2.05, 4.69) is 4.72 Å². The molecule has 1 saturated heterocycles. The molecule has 1 aliphatic rings. The fourth-order valence-corrected chi connectivity index (χ4v) is 4.44. The summed E-state index contributed by atoms with van der Waals surface area (Å²) in [6.07, 6.45) is -4.17. The van der Waals surface area contributed by atoms with Gasteiger partial charge in [0.25, 0.3) is 0 Å². The lowest BCUT2D eigenvalue weighted by atomic mass is 9.99. The maximum Gasteiger partial charge on any atom is 0.229 e. The second-order valence-electron chi connectivity index (χ2n) is 7.76. The minimum Gasteiger partial charge on any atom is -0.460 e. The number of nitrogens with zero attached hydrogens (tertiary/aromatic N) is 1. The molecule has 0 bridgehead atoms. The second-order valence-corrected chi connectivity index (χ2v) is 9.92. The van der Waals surface area contributed by atoms with Crippen molar-refractivity contribution in [2.45, 2.75) is 30.7 Å². The van der Waals surface area contributed by atoms with Gasteiger partial charge in [0, 0.05) is 23.0 Å². The van der Waals surface area contributed by atoms with Crippen molar-refractivity contribution >= 4 is 38.2 Å². The highest BCUT2D eigenvalue weighted by Gasteiger charge is 2.44. The summed E-state index contributed by atoms with van der Waals surface area (Å²) in [7, 11) is -3.39. The molecule has 2 aromatic carbocycles. The third kappa shape index (κ3) is 4.94.